The molecule has 0 aliphatic carbocycles. The van der Waals surface area contributed by atoms with E-state index in [1.54, 1.807) is 21.3 Å². The molecule has 0 bridgehead atoms. The molecule has 0 aliphatic heterocycles. The molecule has 1 amide bonds. The fourth-order valence-corrected chi connectivity index (χ4v) is 4.05. The monoisotopic (exact) mass is 461 g/mol. The van der Waals surface area contributed by atoms with Gasteiger partial charge in [0.05, 0.1) is 32.8 Å². The first-order valence-corrected chi connectivity index (χ1v) is 11.2. The topological polar surface area (TPSA) is 82.6 Å². The highest BCUT2D eigenvalue weighted by molar-refractivity contribution is 7.99. The molecular weight excluding hydrogens is 438 g/mol. The van der Waals surface area contributed by atoms with Gasteiger partial charge in [-0.3, -0.25) is 4.79 Å². The molecule has 0 saturated heterocycles. The zero-order valence-corrected chi connectivity index (χ0v) is 19.3. The second-order valence-electron chi connectivity index (χ2n) is 7.03. The summed E-state index contributed by atoms with van der Waals surface area (Å²) in [6, 6.07) is 21.1. The van der Waals surface area contributed by atoms with Gasteiger partial charge < -0.3 is 19.5 Å². The first-order valence-electron chi connectivity index (χ1n) is 10.2. The van der Waals surface area contributed by atoms with Crippen LogP contribution in [0.1, 0.15) is 0 Å². The molecule has 0 aliphatic rings. The lowest BCUT2D eigenvalue weighted by Gasteiger charge is -2.13. The van der Waals surface area contributed by atoms with Crippen LogP contribution in [0.25, 0.3) is 22.0 Å². The van der Waals surface area contributed by atoms with Gasteiger partial charge in [-0.25, -0.2) is 0 Å². The molecule has 7 nitrogen and oxygen atoms in total. The summed E-state index contributed by atoms with van der Waals surface area (Å²) in [5, 5.41) is 14.3. The van der Waals surface area contributed by atoms with Crippen LogP contribution in [0.15, 0.2) is 71.8 Å². The van der Waals surface area contributed by atoms with E-state index in [-0.39, 0.29) is 11.7 Å². The minimum Gasteiger partial charge on any atom is -0.493 e. The zero-order chi connectivity index (χ0) is 23.2. The third kappa shape index (κ3) is 5.01. The van der Waals surface area contributed by atoms with E-state index in [0.29, 0.717) is 28.0 Å². The van der Waals surface area contributed by atoms with Gasteiger partial charge in [0.2, 0.25) is 11.7 Å². The minimum atomic E-state index is -0.105. The third-order valence-electron chi connectivity index (χ3n) is 5.02. The summed E-state index contributed by atoms with van der Waals surface area (Å²) >= 11 is 1.32. The number of methoxy groups -OCH3 is 3. The molecule has 4 aromatic rings. The molecular formula is C25H23N3O4S. The molecule has 8 heteroatoms. The van der Waals surface area contributed by atoms with Gasteiger partial charge in [-0.15, -0.1) is 10.2 Å². The number of carbonyl (C=O) groups is 1. The van der Waals surface area contributed by atoms with Crippen molar-refractivity contribution in [2.24, 2.45) is 0 Å². The number of amides is 1. The summed E-state index contributed by atoms with van der Waals surface area (Å²) in [5.41, 5.74) is 2.23. The highest BCUT2D eigenvalue weighted by Crippen LogP contribution is 2.40. The van der Waals surface area contributed by atoms with E-state index in [1.807, 2.05) is 66.7 Å². The maximum Gasteiger partial charge on any atom is 0.234 e. The van der Waals surface area contributed by atoms with Crippen LogP contribution in [0.2, 0.25) is 0 Å². The molecule has 1 aromatic heterocycles. The molecule has 4 rings (SSSR count). The average Bonchev–Trinajstić information content (AvgIpc) is 2.87. The number of fused-ring (bicyclic) bond motifs is 1. The van der Waals surface area contributed by atoms with Gasteiger partial charge in [-0.2, -0.15) is 0 Å². The van der Waals surface area contributed by atoms with Crippen LogP contribution in [-0.2, 0) is 4.79 Å². The number of ether oxygens (including phenoxy) is 3. The van der Waals surface area contributed by atoms with E-state index in [4.69, 9.17) is 14.2 Å². The Balaban J connectivity index is 1.43. The molecule has 0 radical (unpaired) electrons. The first-order chi connectivity index (χ1) is 16.1. The second-order valence-corrected chi connectivity index (χ2v) is 8.03. The SMILES string of the molecule is COc1cc(-c2ccc(SCC(=O)Nc3cccc4ccccc34)nn2)cc(OC)c1OC. The highest BCUT2D eigenvalue weighted by atomic mass is 32.2. The quantitative estimate of drug-likeness (QED) is 0.368. The van der Waals surface area contributed by atoms with E-state index in [0.717, 1.165) is 22.0 Å². The lowest BCUT2D eigenvalue weighted by atomic mass is 10.1. The Morgan fingerprint density at radius 1 is 0.879 bits per heavy atom. The third-order valence-corrected chi connectivity index (χ3v) is 5.94. The van der Waals surface area contributed by atoms with Crippen LogP contribution in [0.3, 0.4) is 0 Å². The summed E-state index contributed by atoms with van der Waals surface area (Å²) in [4.78, 5) is 12.5. The Bertz CT molecular complexity index is 1250. The summed E-state index contributed by atoms with van der Waals surface area (Å²) in [6.07, 6.45) is 0. The first kappa shape index (κ1) is 22.4. The maximum atomic E-state index is 12.5. The Hall–Kier alpha value is -3.78. The lowest BCUT2D eigenvalue weighted by Crippen LogP contribution is -2.14. The number of rotatable bonds is 8. The smallest absolute Gasteiger partial charge is 0.234 e. The van der Waals surface area contributed by atoms with E-state index >= 15 is 0 Å². The molecule has 33 heavy (non-hydrogen) atoms. The van der Waals surface area contributed by atoms with Gasteiger partial charge in [-0.05, 0) is 35.7 Å². The number of anilines is 1. The van der Waals surface area contributed by atoms with Crippen LogP contribution in [-0.4, -0.2) is 43.2 Å². The summed E-state index contributed by atoms with van der Waals surface area (Å²) in [7, 11) is 4.69. The van der Waals surface area contributed by atoms with E-state index in [9.17, 15) is 4.79 Å². The van der Waals surface area contributed by atoms with Crippen molar-refractivity contribution in [3.8, 4) is 28.5 Å². The molecule has 0 unspecified atom stereocenters. The summed E-state index contributed by atoms with van der Waals surface area (Å²) in [6.45, 7) is 0. The molecule has 0 saturated carbocycles. The number of thioether (sulfide) groups is 1. The average molecular weight is 462 g/mol. The zero-order valence-electron chi connectivity index (χ0n) is 18.5. The fourth-order valence-electron chi connectivity index (χ4n) is 3.44. The number of nitrogens with zero attached hydrogens (tertiary/aromatic N) is 2. The van der Waals surface area contributed by atoms with Crippen molar-refractivity contribution in [2.45, 2.75) is 5.03 Å². The predicted octanol–water partition coefficient (Wildman–Crippen LogP) is 5.05. The number of hydrogen-bond acceptors (Lipinski definition) is 7. The summed E-state index contributed by atoms with van der Waals surface area (Å²) in [5.74, 6) is 1.71. The number of nitrogens with one attached hydrogen (secondary N) is 1. The predicted molar refractivity (Wildman–Crippen MR) is 130 cm³/mol. The van der Waals surface area contributed by atoms with Crippen LogP contribution in [0.5, 0.6) is 17.2 Å². The maximum absolute atomic E-state index is 12.5. The standard InChI is InChI=1S/C25H23N3O4S/c1-30-21-13-17(14-22(31-2)25(21)32-3)19-11-12-24(28-27-19)33-15-23(29)26-20-10-6-8-16-7-4-5-9-18(16)20/h4-14H,15H2,1-3H3,(H,26,29). The Kier molecular flexibility index (Phi) is 6.95. The highest BCUT2D eigenvalue weighted by Gasteiger charge is 2.15. The van der Waals surface area contributed by atoms with Crippen molar-refractivity contribution in [1.82, 2.24) is 10.2 Å². The van der Waals surface area contributed by atoms with E-state index in [2.05, 4.69) is 15.5 Å². The fraction of sp³-hybridized carbons (Fsp3) is 0.160. The van der Waals surface area contributed by atoms with E-state index < -0.39 is 0 Å². The number of carbonyl (C=O) groups excluding carboxylic acids is 1. The van der Waals surface area contributed by atoms with Crippen LogP contribution in [0, 0.1) is 0 Å². The largest absolute Gasteiger partial charge is 0.493 e. The van der Waals surface area contributed by atoms with Crippen molar-refractivity contribution in [2.75, 3.05) is 32.4 Å². The van der Waals surface area contributed by atoms with Crippen molar-refractivity contribution >= 4 is 34.1 Å². The normalized spacial score (nSPS) is 10.6. The Morgan fingerprint density at radius 2 is 1.61 bits per heavy atom. The van der Waals surface area contributed by atoms with Gasteiger partial charge in [0.25, 0.3) is 0 Å². The lowest BCUT2D eigenvalue weighted by molar-refractivity contribution is -0.113. The Morgan fingerprint density at radius 3 is 2.27 bits per heavy atom. The number of aromatic nitrogens is 2. The van der Waals surface area contributed by atoms with Gasteiger partial charge in [0, 0.05) is 16.6 Å². The van der Waals surface area contributed by atoms with Crippen molar-refractivity contribution in [3.63, 3.8) is 0 Å². The van der Waals surface area contributed by atoms with Crippen molar-refractivity contribution in [1.29, 1.82) is 0 Å². The van der Waals surface area contributed by atoms with Crippen LogP contribution >= 0.6 is 11.8 Å². The van der Waals surface area contributed by atoms with Gasteiger partial charge in [0.15, 0.2) is 11.5 Å². The summed E-state index contributed by atoms with van der Waals surface area (Å²) < 4.78 is 16.2. The van der Waals surface area contributed by atoms with Crippen LogP contribution < -0.4 is 19.5 Å². The molecule has 0 fully saturated rings. The van der Waals surface area contributed by atoms with Crippen LogP contribution in [0.4, 0.5) is 5.69 Å². The number of benzene rings is 3. The van der Waals surface area contributed by atoms with Crippen molar-refractivity contribution < 1.29 is 19.0 Å². The molecule has 0 atom stereocenters. The minimum absolute atomic E-state index is 0.105. The van der Waals surface area contributed by atoms with Gasteiger partial charge in [-0.1, -0.05) is 48.2 Å². The molecule has 0 spiro atoms. The molecule has 168 valence electrons. The van der Waals surface area contributed by atoms with Gasteiger partial charge in [0.1, 0.15) is 5.03 Å². The van der Waals surface area contributed by atoms with E-state index in [1.165, 1.54) is 11.8 Å². The second kappa shape index (κ2) is 10.2. The molecule has 1 heterocycles. The Labute approximate surface area is 196 Å². The van der Waals surface area contributed by atoms with Gasteiger partial charge >= 0.3 is 0 Å². The molecule has 1 N–H and O–H groups in total. The van der Waals surface area contributed by atoms with Crippen molar-refractivity contribution in [3.05, 3.63) is 66.7 Å². The number of hydrogen-bond donors (Lipinski definition) is 1. The molecule has 3 aromatic carbocycles.